The lowest BCUT2D eigenvalue weighted by atomic mass is 10.1. The molecular formula is C12H12BrCl2NO4S. The lowest BCUT2D eigenvalue weighted by Gasteiger charge is -2.24. The quantitative estimate of drug-likeness (QED) is 0.710. The summed E-state index contributed by atoms with van der Waals surface area (Å²) in [6, 6.07) is 2.49. The van der Waals surface area contributed by atoms with E-state index in [4.69, 9.17) is 27.0 Å². The van der Waals surface area contributed by atoms with E-state index in [0.717, 1.165) is 6.42 Å². The highest BCUT2D eigenvalue weighted by Crippen LogP contribution is 2.32. The van der Waals surface area contributed by atoms with Gasteiger partial charge in [0.15, 0.2) is 0 Å². The molecule has 1 aromatic carbocycles. The largest absolute Gasteiger partial charge is 0.379 e. The van der Waals surface area contributed by atoms with Gasteiger partial charge in [0.05, 0.1) is 28.1 Å². The molecule has 1 amide bonds. The predicted octanol–water partition coefficient (Wildman–Crippen LogP) is 2.89. The molecule has 0 bridgehead atoms. The number of carbonyl (C=O) groups excluding carboxylic acids is 1. The van der Waals surface area contributed by atoms with Crippen molar-refractivity contribution in [2.24, 2.45) is 0 Å². The average Bonchev–Trinajstić information content (AvgIpc) is 2.89. The Balaban J connectivity index is 2.41. The second-order valence-corrected chi connectivity index (χ2v) is 8.43. The molecule has 0 saturated carbocycles. The zero-order valence-corrected chi connectivity index (χ0v) is 14.9. The normalized spacial score (nSPS) is 18.8. The molecule has 1 atom stereocenters. The van der Waals surface area contributed by atoms with Crippen molar-refractivity contribution >= 4 is 53.2 Å². The summed E-state index contributed by atoms with van der Waals surface area (Å²) < 4.78 is 28.5. The van der Waals surface area contributed by atoms with Crippen molar-refractivity contribution in [2.75, 3.05) is 20.3 Å². The maximum Gasteiger partial charge on any atom is 0.262 e. The molecule has 21 heavy (non-hydrogen) atoms. The first-order chi connectivity index (χ1) is 9.71. The smallest absolute Gasteiger partial charge is 0.262 e. The van der Waals surface area contributed by atoms with Gasteiger partial charge in [0.1, 0.15) is 0 Å². The van der Waals surface area contributed by atoms with Crippen LogP contribution in [0, 0.1) is 0 Å². The third kappa shape index (κ3) is 3.71. The highest BCUT2D eigenvalue weighted by atomic mass is 79.9. The molecule has 1 unspecified atom stereocenters. The predicted molar refractivity (Wildman–Crippen MR) is 83.5 cm³/mol. The fourth-order valence-electron chi connectivity index (χ4n) is 2.06. The summed E-state index contributed by atoms with van der Waals surface area (Å²) in [5.41, 5.74) is 0.0912. The molecule has 5 nitrogen and oxygen atoms in total. The van der Waals surface area contributed by atoms with Crippen LogP contribution < -0.4 is 0 Å². The summed E-state index contributed by atoms with van der Waals surface area (Å²) in [4.78, 5) is 13.8. The van der Waals surface area contributed by atoms with Gasteiger partial charge < -0.3 is 9.64 Å². The summed E-state index contributed by atoms with van der Waals surface area (Å²) in [5.74, 6) is -0.371. The number of benzene rings is 1. The van der Waals surface area contributed by atoms with E-state index in [-0.39, 0.29) is 31.9 Å². The molecule has 2 rings (SSSR count). The van der Waals surface area contributed by atoms with Crippen molar-refractivity contribution in [3.05, 3.63) is 27.2 Å². The number of ether oxygens (including phenoxy) is 1. The minimum atomic E-state index is -3.98. The van der Waals surface area contributed by atoms with Gasteiger partial charge in [-0.2, -0.15) is 0 Å². The lowest BCUT2D eigenvalue weighted by Crippen LogP contribution is -2.37. The van der Waals surface area contributed by atoms with Gasteiger partial charge in [-0.15, -0.1) is 0 Å². The SMILES string of the molecule is CN(C(=O)c1cc(S(=O)(=O)Cl)c(Br)cc1Cl)C1CCOC1. The molecule has 0 radical (unpaired) electrons. The number of rotatable bonds is 3. The molecule has 9 heteroatoms. The Bertz CT molecular complexity index is 674. The molecule has 0 N–H and O–H groups in total. The van der Waals surface area contributed by atoms with E-state index in [1.807, 2.05) is 0 Å². The second-order valence-electron chi connectivity index (χ2n) is 4.63. The summed E-state index contributed by atoms with van der Waals surface area (Å²) in [5, 5.41) is 0.154. The van der Waals surface area contributed by atoms with E-state index in [2.05, 4.69) is 15.9 Å². The van der Waals surface area contributed by atoms with Crippen LogP contribution in [0.15, 0.2) is 21.5 Å². The number of likely N-dealkylation sites (N-methyl/N-ethyl adjacent to an activating group) is 1. The van der Waals surface area contributed by atoms with Crippen LogP contribution in [0.2, 0.25) is 5.02 Å². The van der Waals surface area contributed by atoms with Crippen LogP contribution >= 0.6 is 38.2 Å². The first-order valence-corrected chi connectivity index (χ1v) is 9.48. The maximum absolute atomic E-state index is 12.5. The average molecular weight is 417 g/mol. The van der Waals surface area contributed by atoms with Crippen LogP contribution in [0.1, 0.15) is 16.8 Å². The molecule has 1 saturated heterocycles. The summed E-state index contributed by atoms with van der Waals surface area (Å²) >= 11 is 9.13. The van der Waals surface area contributed by atoms with Gasteiger partial charge in [0, 0.05) is 28.8 Å². The van der Waals surface area contributed by atoms with E-state index >= 15 is 0 Å². The van der Waals surface area contributed by atoms with Crippen molar-refractivity contribution in [3.8, 4) is 0 Å². The Morgan fingerprint density at radius 2 is 2.14 bits per heavy atom. The summed E-state index contributed by atoms with van der Waals surface area (Å²) in [6.07, 6.45) is 0.733. The fraction of sp³-hybridized carbons (Fsp3) is 0.417. The Hall–Kier alpha value is -0.340. The van der Waals surface area contributed by atoms with Crippen LogP contribution in [-0.4, -0.2) is 45.5 Å². The first kappa shape index (κ1) is 17.0. The molecule has 0 aliphatic carbocycles. The maximum atomic E-state index is 12.5. The van der Waals surface area contributed by atoms with Crippen LogP contribution in [0.25, 0.3) is 0 Å². The Morgan fingerprint density at radius 1 is 1.48 bits per heavy atom. The van der Waals surface area contributed by atoms with Crippen molar-refractivity contribution in [3.63, 3.8) is 0 Å². The molecule has 1 heterocycles. The van der Waals surface area contributed by atoms with E-state index < -0.39 is 9.05 Å². The highest BCUT2D eigenvalue weighted by molar-refractivity contribution is 9.10. The van der Waals surface area contributed by atoms with E-state index in [1.165, 1.54) is 17.0 Å². The number of hydrogen-bond acceptors (Lipinski definition) is 4. The molecule has 1 fully saturated rings. The molecule has 0 aromatic heterocycles. The van der Waals surface area contributed by atoms with Gasteiger partial charge in [0.2, 0.25) is 0 Å². The van der Waals surface area contributed by atoms with E-state index in [9.17, 15) is 13.2 Å². The monoisotopic (exact) mass is 415 g/mol. The fourth-order valence-corrected chi connectivity index (χ4v) is 4.64. The number of nitrogens with zero attached hydrogens (tertiary/aromatic N) is 1. The summed E-state index contributed by atoms with van der Waals surface area (Å²) in [7, 11) is 3.01. The van der Waals surface area contributed by atoms with Gasteiger partial charge in [-0.1, -0.05) is 11.6 Å². The number of hydrogen-bond donors (Lipinski definition) is 0. The van der Waals surface area contributed by atoms with Gasteiger partial charge in [-0.3, -0.25) is 4.79 Å². The molecule has 0 spiro atoms. The van der Waals surface area contributed by atoms with Gasteiger partial charge in [-0.25, -0.2) is 8.42 Å². The molecule has 1 aliphatic rings. The van der Waals surface area contributed by atoms with E-state index in [0.29, 0.717) is 13.2 Å². The van der Waals surface area contributed by atoms with E-state index in [1.54, 1.807) is 7.05 Å². The Morgan fingerprint density at radius 3 is 2.67 bits per heavy atom. The Kier molecular flexibility index (Phi) is 5.20. The highest BCUT2D eigenvalue weighted by Gasteiger charge is 2.28. The number of halogens is 3. The van der Waals surface area contributed by atoms with Crippen LogP contribution in [0.4, 0.5) is 0 Å². The minimum Gasteiger partial charge on any atom is -0.379 e. The van der Waals surface area contributed by atoms with Crippen molar-refractivity contribution < 1.29 is 17.9 Å². The lowest BCUT2D eigenvalue weighted by molar-refractivity contribution is 0.0711. The molecular weight excluding hydrogens is 405 g/mol. The third-order valence-corrected chi connectivity index (χ3v) is 5.88. The van der Waals surface area contributed by atoms with Crippen molar-refractivity contribution in [1.82, 2.24) is 4.90 Å². The van der Waals surface area contributed by atoms with Crippen LogP contribution in [-0.2, 0) is 13.8 Å². The topological polar surface area (TPSA) is 63.7 Å². The molecule has 116 valence electrons. The van der Waals surface area contributed by atoms with Gasteiger partial charge in [0.25, 0.3) is 15.0 Å². The Labute approximate surface area is 140 Å². The standard InChI is InChI=1S/C12H12BrCl2NO4S/c1-16(7-2-3-20-6-7)12(17)8-4-11(21(15,18)19)9(13)5-10(8)14/h4-5,7H,2-3,6H2,1H3. The van der Waals surface area contributed by atoms with Gasteiger partial charge >= 0.3 is 0 Å². The number of amides is 1. The van der Waals surface area contributed by atoms with Crippen LogP contribution in [0.3, 0.4) is 0 Å². The van der Waals surface area contributed by atoms with Crippen molar-refractivity contribution in [2.45, 2.75) is 17.4 Å². The van der Waals surface area contributed by atoms with Gasteiger partial charge in [-0.05, 0) is 34.5 Å². The third-order valence-electron chi connectivity index (χ3n) is 3.29. The molecule has 1 aliphatic heterocycles. The number of carbonyl (C=O) groups is 1. The zero-order chi connectivity index (χ0) is 15.8. The second kappa shape index (κ2) is 6.42. The van der Waals surface area contributed by atoms with Crippen molar-refractivity contribution in [1.29, 1.82) is 0 Å². The minimum absolute atomic E-state index is 0.0479. The summed E-state index contributed by atoms with van der Waals surface area (Å²) in [6.45, 7) is 1.05. The first-order valence-electron chi connectivity index (χ1n) is 6.00. The molecule has 1 aromatic rings. The van der Waals surface area contributed by atoms with Crippen LogP contribution in [0.5, 0.6) is 0 Å². The zero-order valence-electron chi connectivity index (χ0n) is 11.0.